The van der Waals surface area contributed by atoms with Crippen LogP contribution >= 0.6 is 0 Å². The molecule has 0 aliphatic heterocycles. The second-order valence-electron chi connectivity index (χ2n) is 2.20. The van der Waals surface area contributed by atoms with Gasteiger partial charge in [0.1, 0.15) is 0 Å². The molecule has 0 rings (SSSR count). The third-order valence-corrected chi connectivity index (χ3v) is 0.274. The molecule has 0 aromatic heterocycles. The molecule has 2 nitrogen and oxygen atoms in total. The number of rotatable bonds is 0. The molecule has 1 N–H and O–H groups in total. The molecule has 0 heterocycles. The van der Waals surface area contributed by atoms with Crippen LogP contribution in [0.5, 0.6) is 0 Å². The zero-order valence-electron chi connectivity index (χ0n) is 7.03. The molecule has 0 atom stereocenters. The third kappa shape index (κ3) is 76.5. The molecule has 0 aromatic rings. The summed E-state index contributed by atoms with van der Waals surface area (Å²) < 4.78 is 0. The van der Waals surface area contributed by atoms with Crippen molar-refractivity contribution in [1.29, 1.82) is 0 Å². The van der Waals surface area contributed by atoms with Crippen molar-refractivity contribution in [2.75, 3.05) is 0 Å². The summed E-state index contributed by atoms with van der Waals surface area (Å²) in [4.78, 5) is 3.94. The molecule has 9 heteroatoms. The summed E-state index contributed by atoms with van der Waals surface area (Å²) in [5.41, 5.74) is -0.403. The van der Waals surface area contributed by atoms with Gasteiger partial charge >= 0.3 is 21.1 Å². The molecule has 0 aliphatic rings. The van der Waals surface area contributed by atoms with E-state index in [0.29, 0.717) is 0 Å². The van der Waals surface area contributed by atoms with E-state index in [0.717, 1.165) is 0 Å². The quantitative estimate of drug-likeness (QED) is 0.249. The Hall–Kier alpha value is 2.35. The molecule has 13 heavy (non-hydrogen) atoms. The van der Waals surface area contributed by atoms with Gasteiger partial charge in [0.25, 0.3) is 0 Å². The molecule has 0 aromatic carbocycles. The van der Waals surface area contributed by atoms with Gasteiger partial charge in [0.2, 0.25) is 0 Å². The second kappa shape index (κ2) is 29.3. The van der Waals surface area contributed by atoms with E-state index in [2.05, 4.69) is 4.89 Å². The Morgan fingerprint density at radius 1 is 0.769 bits per heavy atom. The molecular weight excluding hydrogens is 389 g/mol. The maximum atomic E-state index is 7.90. The van der Waals surface area contributed by atoms with E-state index in [1.54, 1.807) is 20.8 Å². The SMILES string of the molecule is CC(C)(C)OO.[Cl-].[Cl-].[Cl-].[Cl-].[Cl-].[Cl-].[Mo+6]. The van der Waals surface area contributed by atoms with Crippen LogP contribution in [0.4, 0.5) is 0 Å². The summed E-state index contributed by atoms with van der Waals surface area (Å²) in [7, 11) is 0. The van der Waals surface area contributed by atoms with Crippen molar-refractivity contribution < 1.29 is 106 Å². The van der Waals surface area contributed by atoms with Gasteiger partial charge in [-0.2, -0.15) is 0 Å². The maximum Gasteiger partial charge on any atom is 6.00 e. The molecule has 86 valence electrons. The molecule has 0 amide bonds. The van der Waals surface area contributed by atoms with Crippen LogP contribution in [0.1, 0.15) is 20.8 Å². The molecule has 0 bridgehead atoms. The van der Waals surface area contributed by atoms with Crippen molar-refractivity contribution in [3.8, 4) is 0 Å². The van der Waals surface area contributed by atoms with E-state index in [4.69, 9.17) is 5.26 Å². The normalized spacial score (nSPS) is 5.54. The first-order chi connectivity index (χ1) is 2.56. The molecular formula is C4H10Cl6MoO2. The molecule has 0 spiro atoms. The topological polar surface area (TPSA) is 29.5 Å². The van der Waals surface area contributed by atoms with E-state index in [-0.39, 0.29) is 95.5 Å². The van der Waals surface area contributed by atoms with Crippen molar-refractivity contribution in [1.82, 2.24) is 0 Å². The Bertz CT molecular complexity index is 52.4. The van der Waals surface area contributed by atoms with Crippen molar-refractivity contribution in [2.45, 2.75) is 26.4 Å². The average Bonchev–Trinajstić information content (AvgIpc) is 1.35. The van der Waals surface area contributed by atoms with E-state index < -0.39 is 5.60 Å². The smallest absolute Gasteiger partial charge is 1.00 e. The number of hydrogen-bond acceptors (Lipinski definition) is 2. The van der Waals surface area contributed by atoms with Crippen LogP contribution in [0.25, 0.3) is 0 Å². The first-order valence-electron chi connectivity index (χ1n) is 1.89. The first kappa shape index (κ1) is 58.5. The fraction of sp³-hybridized carbons (Fsp3) is 1.00. The Morgan fingerprint density at radius 3 is 0.846 bits per heavy atom. The van der Waals surface area contributed by atoms with Crippen LogP contribution in [-0.2, 0) is 26.0 Å². The van der Waals surface area contributed by atoms with Crippen molar-refractivity contribution in [3.63, 3.8) is 0 Å². The molecule has 0 radical (unpaired) electrons. The number of hydrogen-bond donors (Lipinski definition) is 1. The maximum absolute atomic E-state index is 7.90. The van der Waals surface area contributed by atoms with Gasteiger partial charge in [-0.3, -0.25) is 5.26 Å². The summed E-state index contributed by atoms with van der Waals surface area (Å²) in [6, 6.07) is 0. The summed E-state index contributed by atoms with van der Waals surface area (Å²) in [6.07, 6.45) is 0. The van der Waals surface area contributed by atoms with Crippen LogP contribution in [0.2, 0.25) is 0 Å². The minimum absolute atomic E-state index is 0. The predicted molar refractivity (Wildman–Crippen MR) is 23.5 cm³/mol. The van der Waals surface area contributed by atoms with Gasteiger partial charge in [-0.1, -0.05) is 0 Å². The second-order valence-corrected chi connectivity index (χ2v) is 2.20. The summed E-state index contributed by atoms with van der Waals surface area (Å²) in [6.45, 7) is 5.31. The van der Waals surface area contributed by atoms with Gasteiger partial charge in [0.15, 0.2) is 0 Å². The van der Waals surface area contributed by atoms with Crippen molar-refractivity contribution in [3.05, 3.63) is 0 Å². The standard InChI is InChI=1S/C4H10O2.6ClH.Mo/c1-4(2,3)6-5;;;;;;;/h5H,1-3H3;6*1H;/q;;;;;;;+6/p-6. The van der Waals surface area contributed by atoms with Gasteiger partial charge in [0.05, 0.1) is 5.60 Å². The third-order valence-electron chi connectivity index (χ3n) is 0.274. The number of halogens is 6. The Morgan fingerprint density at radius 2 is 0.846 bits per heavy atom. The van der Waals surface area contributed by atoms with E-state index >= 15 is 0 Å². The molecule has 0 unspecified atom stereocenters. The summed E-state index contributed by atoms with van der Waals surface area (Å²) >= 11 is 0. The van der Waals surface area contributed by atoms with E-state index in [1.807, 2.05) is 0 Å². The Balaban J connectivity index is -0.00000000595. The predicted octanol–water partition coefficient (Wildman–Crippen LogP) is -16.7. The molecule has 0 saturated heterocycles. The summed E-state index contributed by atoms with van der Waals surface area (Å²) in [5.74, 6) is 0. The fourth-order valence-electron chi connectivity index (χ4n) is 0. The zero-order chi connectivity index (χ0) is 5.21. The zero-order valence-corrected chi connectivity index (χ0v) is 13.6. The van der Waals surface area contributed by atoms with Gasteiger partial charge in [0, 0.05) is 0 Å². The van der Waals surface area contributed by atoms with Crippen molar-refractivity contribution in [2.24, 2.45) is 0 Å². The molecule has 0 saturated carbocycles. The van der Waals surface area contributed by atoms with E-state index in [9.17, 15) is 0 Å². The minimum atomic E-state index is -0.403. The van der Waals surface area contributed by atoms with Gasteiger partial charge in [-0.25, -0.2) is 4.89 Å². The summed E-state index contributed by atoms with van der Waals surface area (Å²) in [5, 5.41) is 7.90. The fourth-order valence-corrected chi connectivity index (χ4v) is 0. The van der Waals surface area contributed by atoms with Crippen LogP contribution in [0.3, 0.4) is 0 Å². The average molecular weight is 399 g/mol. The van der Waals surface area contributed by atoms with Crippen LogP contribution < -0.4 is 74.4 Å². The Kier molecular flexibility index (Phi) is 132. The molecule has 0 aliphatic carbocycles. The van der Waals surface area contributed by atoms with Crippen LogP contribution in [0, 0.1) is 0 Å². The van der Waals surface area contributed by atoms with Crippen LogP contribution in [0.15, 0.2) is 0 Å². The van der Waals surface area contributed by atoms with E-state index in [1.165, 1.54) is 0 Å². The van der Waals surface area contributed by atoms with Crippen molar-refractivity contribution >= 4 is 0 Å². The van der Waals surface area contributed by atoms with Crippen LogP contribution in [-0.4, -0.2) is 10.9 Å². The first-order valence-corrected chi connectivity index (χ1v) is 1.89. The van der Waals surface area contributed by atoms with Gasteiger partial charge in [-0.15, -0.1) is 0 Å². The monoisotopic (exact) mass is 398 g/mol. The van der Waals surface area contributed by atoms with Gasteiger partial charge < -0.3 is 74.4 Å². The Labute approximate surface area is 131 Å². The minimum Gasteiger partial charge on any atom is -1.00 e. The van der Waals surface area contributed by atoms with Gasteiger partial charge in [-0.05, 0) is 20.8 Å². The molecule has 0 fully saturated rings. The largest absolute Gasteiger partial charge is 6.00 e.